The lowest BCUT2D eigenvalue weighted by molar-refractivity contribution is -0.128. The maximum Gasteiger partial charge on any atom is 0.239 e. The Labute approximate surface area is 79.8 Å². The Hall–Kier alpha value is -0.610. The summed E-state index contributed by atoms with van der Waals surface area (Å²) in [6.07, 6.45) is -0.278. The highest BCUT2D eigenvalue weighted by atomic mass is 16.5. The Kier molecular flexibility index (Phi) is 4.36. The average Bonchev–Trinajstić information content (AvgIpc) is 1.98. The van der Waals surface area contributed by atoms with Crippen LogP contribution in [0.3, 0.4) is 0 Å². The van der Waals surface area contributed by atoms with Crippen molar-refractivity contribution in [3.63, 3.8) is 0 Å². The van der Waals surface area contributed by atoms with Gasteiger partial charge in [-0.2, -0.15) is 0 Å². The normalized spacial score (nSPS) is 16.5. The van der Waals surface area contributed by atoms with Crippen LogP contribution in [0.25, 0.3) is 0 Å². The van der Waals surface area contributed by atoms with Crippen LogP contribution in [0.4, 0.5) is 0 Å². The molecule has 0 spiro atoms. The van der Waals surface area contributed by atoms with E-state index in [1.54, 1.807) is 14.0 Å². The predicted octanol–water partition coefficient (Wildman–Crippen LogP) is 0.263. The standard InChI is InChI=1S/C9H20N2O2/c1-6(13-9(2,3)4)7(10)8(12)11-5/h6-7H,10H2,1-5H3,(H,11,12)/t6-,7+/m1/s1. The predicted molar refractivity (Wildman–Crippen MR) is 52.3 cm³/mol. The average molecular weight is 188 g/mol. The van der Waals surface area contributed by atoms with Gasteiger partial charge in [-0.3, -0.25) is 4.79 Å². The number of likely N-dealkylation sites (N-methyl/N-ethyl adjacent to an activating group) is 1. The minimum absolute atomic E-state index is 0.197. The Morgan fingerprint density at radius 2 is 1.92 bits per heavy atom. The molecule has 0 aliphatic carbocycles. The highest BCUT2D eigenvalue weighted by Gasteiger charge is 2.24. The van der Waals surface area contributed by atoms with E-state index in [9.17, 15) is 4.79 Å². The second kappa shape index (κ2) is 4.58. The van der Waals surface area contributed by atoms with Gasteiger partial charge in [-0.05, 0) is 27.7 Å². The van der Waals surface area contributed by atoms with Gasteiger partial charge in [0.15, 0.2) is 0 Å². The number of rotatable bonds is 3. The minimum atomic E-state index is -0.607. The fourth-order valence-electron chi connectivity index (χ4n) is 1.01. The Morgan fingerprint density at radius 3 is 2.23 bits per heavy atom. The van der Waals surface area contributed by atoms with Gasteiger partial charge in [0.1, 0.15) is 6.04 Å². The molecule has 13 heavy (non-hydrogen) atoms. The highest BCUT2D eigenvalue weighted by Crippen LogP contribution is 2.12. The van der Waals surface area contributed by atoms with Crippen molar-refractivity contribution in [3.05, 3.63) is 0 Å². The SMILES string of the molecule is CNC(=O)[C@@H](N)[C@@H](C)OC(C)(C)C. The molecule has 0 unspecified atom stereocenters. The smallest absolute Gasteiger partial charge is 0.239 e. The molecule has 0 aliphatic heterocycles. The van der Waals surface area contributed by atoms with Crippen LogP contribution in [0.1, 0.15) is 27.7 Å². The van der Waals surface area contributed by atoms with Gasteiger partial charge in [0.25, 0.3) is 0 Å². The van der Waals surface area contributed by atoms with Gasteiger partial charge in [-0.1, -0.05) is 0 Å². The first kappa shape index (κ1) is 12.4. The molecule has 0 aromatic rings. The maximum absolute atomic E-state index is 11.1. The first-order valence-corrected chi connectivity index (χ1v) is 4.43. The third-order valence-corrected chi connectivity index (χ3v) is 1.59. The summed E-state index contributed by atoms with van der Waals surface area (Å²) in [5.41, 5.74) is 5.37. The van der Waals surface area contributed by atoms with Crippen molar-refractivity contribution >= 4 is 5.91 Å². The van der Waals surface area contributed by atoms with Crippen LogP contribution in [-0.4, -0.2) is 30.7 Å². The second-order valence-corrected chi connectivity index (χ2v) is 4.08. The van der Waals surface area contributed by atoms with Crippen molar-refractivity contribution in [1.82, 2.24) is 5.32 Å². The molecule has 0 saturated heterocycles. The maximum atomic E-state index is 11.1. The molecule has 1 amide bonds. The molecular weight excluding hydrogens is 168 g/mol. The van der Waals surface area contributed by atoms with Crippen LogP contribution in [0, 0.1) is 0 Å². The van der Waals surface area contributed by atoms with Crippen molar-refractivity contribution in [3.8, 4) is 0 Å². The zero-order valence-electron chi connectivity index (χ0n) is 9.05. The Bertz CT molecular complexity index is 175. The number of carbonyl (C=O) groups excluding carboxylic acids is 1. The largest absolute Gasteiger partial charge is 0.371 e. The van der Waals surface area contributed by atoms with E-state index in [0.29, 0.717) is 0 Å². The number of hydrogen-bond acceptors (Lipinski definition) is 3. The lowest BCUT2D eigenvalue weighted by Crippen LogP contribution is -2.49. The summed E-state index contributed by atoms with van der Waals surface area (Å²) < 4.78 is 5.54. The molecule has 2 atom stereocenters. The molecule has 3 N–H and O–H groups in total. The number of carbonyl (C=O) groups is 1. The summed E-state index contributed by atoms with van der Waals surface area (Å²) in [4.78, 5) is 11.1. The van der Waals surface area contributed by atoms with Crippen molar-refractivity contribution in [1.29, 1.82) is 0 Å². The van der Waals surface area contributed by atoms with Gasteiger partial charge < -0.3 is 15.8 Å². The third-order valence-electron chi connectivity index (χ3n) is 1.59. The van der Waals surface area contributed by atoms with Gasteiger partial charge in [0.05, 0.1) is 11.7 Å². The van der Waals surface area contributed by atoms with Gasteiger partial charge in [0, 0.05) is 7.05 Å². The van der Waals surface area contributed by atoms with Crippen LogP contribution in [0.5, 0.6) is 0 Å². The molecule has 4 nitrogen and oxygen atoms in total. The number of ether oxygens (including phenoxy) is 1. The van der Waals surface area contributed by atoms with Crippen LogP contribution >= 0.6 is 0 Å². The van der Waals surface area contributed by atoms with Crippen molar-refractivity contribution in [2.75, 3.05) is 7.05 Å². The Morgan fingerprint density at radius 1 is 1.46 bits per heavy atom. The highest BCUT2D eigenvalue weighted by molar-refractivity contribution is 5.81. The molecule has 0 heterocycles. The number of nitrogens with two attached hydrogens (primary N) is 1. The molecule has 0 aliphatic rings. The van der Waals surface area contributed by atoms with E-state index in [1.807, 2.05) is 20.8 Å². The van der Waals surface area contributed by atoms with Crippen molar-refractivity contribution in [2.45, 2.75) is 45.4 Å². The lowest BCUT2D eigenvalue weighted by atomic mass is 10.1. The first-order valence-electron chi connectivity index (χ1n) is 4.43. The number of amides is 1. The van der Waals surface area contributed by atoms with Crippen LogP contribution in [0.2, 0.25) is 0 Å². The summed E-state index contributed by atoms with van der Waals surface area (Å²) in [6, 6.07) is -0.607. The molecule has 0 bridgehead atoms. The molecule has 0 rings (SSSR count). The van der Waals surface area contributed by atoms with Crippen LogP contribution in [-0.2, 0) is 9.53 Å². The molecule has 4 heteroatoms. The van der Waals surface area contributed by atoms with Gasteiger partial charge >= 0.3 is 0 Å². The van der Waals surface area contributed by atoms with Gasteiger partial charge in [-0.15, -0.1) is 0 Å². The summed E-state index contributed by atoms with van der Waals surface area (Å²) in [6.45, 7) is 7.59. The summed E-state index contributed by atoms with van der Waals surface area (Å²) >= 11 is 0. The number of nitrogens with one attached hydrogen (secondary N) is 1. The van der Waals surface area contributed by atoms with E-state index in [4.69, 9.17) is 10.5 Å². The van der Waals surface area contributed by atoms with Gasteiger partial charge in [0.2, 0.25) is 5.91 Å². The number of hydrogen-bond donors (Lipinski definition) is 2. The Balaban J connectivity index is 4.11. The van der Waals surface area contributed by atoms with E-state index in [1.165, 1.54) is 0 Å². The third kappa shape index (κ3) is 4.85. The summed E-state index contributed by atoms with van der Waals surface area (Å²) in [5, 5.41) is 2.49. The quantitative estimate of drug-likeness (QED) is 0.668. The molecule has 0 aromatic carbocycles. The van der Waals surface area contributed by atoms with E-state index in [0.717, 1.165) is 0 Å². The van der Waals surface area contributed by atoms with Crippen LogP contribution < -0.4 is 11.1 Å². The second-order valence-electron chi connectivity index (χ2n) is 4.08. The zero-order chi connectivity index (χ0) is 10.6. The van der Waals surface area contributed by atoms with E-state index in [-0.39, 0.29) is 17.6 Å². The molecule has 0 saturated carbocycles. The van der Waals surface area contributed by atoms with Crippen molar-refractivity contribution in [2.24, 2.45) is 5.73 Å². The van der Waals surface area contributed by atoms with E-state index < -0.39 is 6.04 Å². The van der Waals surface area contributed by atoms with Gasteiger partial charge in [-0.25, -0.2) is 0 Å². The molecule has 0 fully saturated rings. The molecule has 78 valence electrons. The zero-order valence-corrected chi connectivity index (χ0v) is 9.05. The van der Waals surface area contributed by atoms with E-state index in [2.05, 4.69) is 5.32 Å². The first-order chi connectivity index (χ1) is 5.78. The lowest BCUT2D eigenvalue weighted by Gasteiger charge is -2.27. The van der Waals surface area contributed by atoms with Crippen molar-refractivity contribution < 1.29 is 9.53 Å². The molecule has 0 radical (unpaired) electrons. The van der Waals surface area contributed by atoms with Crippen LogP contribution in [0.15, 0.2) is 0 Å². The monoisotopic (exact) mass is 188 g/mol. The van der Waals surface area contributed by atoms with E-state index >= 15 is 0 Å². The topological polar surface area (TPSA) is 64.4 Å². The fourth-order valence-corrected chi connectivity index (χ4v) is 1.01. The summed E-state index contributed by atoms with van der Waals surface area (Å²) in [5.74, 6) is -0.197. The molecule has 0 aromatic heterocycles. The summed E-state index contributed by atoms with van der Waals surface area (Å²) in [7, 11) is 1.56. The fraction of sp³-hybridized carbons (Fsp3) is 0.889. The molecular formula is C9H20N2O2. The minimum Gasteiger partial charge on any atom is -0.371 e.